The third-order valence-electron chi connectivity index (χ3n) is 1.81. The van der Waals surface area contributed by atoms with Crippen molar-refractivity contribution in [3.8, 4) is 0 Å². The van der Waals surface area contributed by atoms with Crippen molar-refractivity contribution in [2.24, 2.45) is 0 Å². The molecule has 0 aliphatic heterocycles. The summed E-state index contributed by atoms with van der Waals surface area (Å²) in [4.78, 5) is 0. The summed E-state index contributed by atoms with van der Waals surface area (Å²) in [7, 11) is 0. The largest absolute Gasteiger partial charge is 0.399 e. The first-order valence-electron chi connectivity index (χ1n) is 4.44. The van der Waals surface area contributed by atoms with Gasteiger partial charge in [0.05, 0.1) is 5.69 Å². The lowest BCUT2D eigenvalue weighted by Crippen LogP contribution is -2.18. The van der Waals surface area contributed by atoms with Gasteiger partial charge in [0, 0.05) is 17.5 Å². The Balaban J connectivity index is 2.67. The molecule has 0 radical (unpaired) electrons. The number of rotatable bonds is 4. The van der Waals surface area contributed by atoms with Gasteiger partial charge in [0.15, 0.2) is 0 Å². The van der Waals surface area contributed by atoms with Gasteiger partial charge < -0.3 is 11.1 Å². The molecule has 1 rings (SSSR count). The summed E-state index contributed by atoms with van der Waals surface area (Å²) in [6.07, 6.45) is 2.03. The molecular weight excluding hydrogens is 199 g/mol. The van der Waals surface area contributed by atoms with E-state index >= 15 is 0 Å². The Kier molecular flexibility index (Phi) is 4.07. The first-order chi connectivity index (χ1) is 6.63. The Bertz CT molecular complexity index is 304. The van der Waals surface area contributed by atoms with E-state index in [1.54, 1.807) is 23.9 Å². The summed E-state index contributed by atoms with van der Waals surface area (Å²) in [6, 6.07) is 4.94. The highest BCUT2D eigenvalue weighted by atomic mass is 32.2. The van der Waals surface area contributed by atoms with Crippen molar-refractivity contribution in [1.82, 2.24) is 0 Å². The van der Waals surface area contributed by atoms with E-state index in [2.05, 4.69) is 5.32 Å². The van der Waals surface area contributed by atoms with Crippen LogP contribution in [0.2, 0.25) is 0 Å². The minimum atomic E-state index is -0.294. The molecule has 0 heterocycles. The fourth-order valence-electron chi connectivity index (χ4n) is 1.21. The van der Waals surface area contributed by atoms with Crippen LogP contribution in [-0.2, 0) is 0 Å². The Morgan fingerprint density at radius 3 is 2.86 bits per heavy atom. The average molecular weight is 214 g/mol. The standard InChI is InChI=1S/C10H15FN2S/c1-7(6-14-2)13-10-4-3-8(12)5-9(10)11/h3-5,7,13H,6,12H2,1-2H3. The minimum Gasteiger partial charge on any atom is -0.399 e. The van der Waals surface area contributed by atoms with E-state index in [1.807, 2.05) is 13.2 Å². The van der Waals surface area contributed by atoms with Crippen LogP contribution in [0.15, 0.2) is 18.2 Å². The molecule has 1 unspecified atom stereocenters. The molecule has 0 saturated heterocycles. The number of anilines is 2. The van der Waals surface area contributed by atoms with E-state index in [-0.39, 0.29) is 11.9 Å². The Hall–Kier alpha value is -0.900. The van der Waals surface area contributed by atoms with Crippen molar-refractivity contribution in [2.45, 2.75) is 13.0 Å². The summed E-state index contributed by atoms with van der Waals surface area (Å²) in [5, 5.41) is 3.09. The zero-order valence-corrected chi connectivity index (χ0v) is 9.20. The second-order valence-electron chi connectivity index (χ2n) is 3.24. The van der Waals surface area contributed by atoms with Gasteiger partial charge in [-0.05, 0) is 31.4 Å². The fraction of sp³-hybridized carbons (Fsp3) is 0.400. The monoisotopic (exact) mass is 214 g/mol. The highest BCUT2D eigenvalue weighted by Crippen LogP contribution is 2.18. The van der Waals surface area contributed by atoms with Crippen LogP contribution in [0.5, 0.6) is 0 Å². The second-order valence-corrected chi connectivity index (χ2v) is 4.15. The SMILES string of the molecule is CSCC(C)Nc1ccc(N)cc1F. The molecule has 0 saturated carbocycles. The third-order valence-corrected chi connectivity index (χ3v) is 2.65. The lowest BCUT2D eigenvalue weighted by Gasteiger charge is -2.14. The molecule has 0 fully saturated rings. The van der Waals surface area contributed by atoms with Crippen LogP contribution in [0.3, 0.4) is 0 Å². The number of benzene rings is 1. The van der Waals surface area contributed by atoms with Crippen molar-refractivity contribution in [1.29, 1.82) is 0 Å². The van der Waals surface area contributed by atoms with Crippen LogP contribution < -0.4 is 11.1 Å². The van der Waals surface area contributed by atoms with Crippen LogP contribution >= 0.6 is 11.8 Å². The summed E-state index contributed by atoms with van der Waals surface area (Å²) < 4.78 is 13.3. The van der Waals surface area contributed by atoms with E-state index in [9.17, 15) is 4.39 Å². The lowest BCUT2D eigenvalue weighted by atomic mass is 10.2. The van der Waals surface area contributed by atoms with E-state index in [0.29, 0.717) is 11.4 Å². The Morgan fingerprint density at radius 1 is 1.57 bits per heavy atom. The third kappa shape index (κ3) is 3.10. The van der Waals surface area contributed by atoms with Gasteiger partial charge in [-0.15, -0.1) is 0 Å². The first-order valence-corrected chi connectivity index (χ1v) is 5.83. The fourth-order valence-corrected chi connectivity index (χ4v) is 1.79. The summed E-state index contributed by atoms with van der Waals surface area (Å²) in [5.74, 6) is 0.655. The molecule has 0 aromatic heterocycles. The van der Waals surface area contributed by atoms with Gasteiger partial charge in [-0.25, -0.2) is 4.39 Å². The van der Waals surface area contributed by atoms with Crippen molar-refractivity contribution in [3.05, 3.63) is 24.0 Å². The number of hydrogen-bond acceptors (Lipinski definition) is 3. The van der Waals surface area contributed by atoms with Gasteiger partial charge in [-0.1, -0.05) is 0 Å². The molecule has 3 N–H and O–H groups in total. The zero-order valence-electron chi connectivity index (χ0n) is 8.38. The van der Waals surface area contributed by atoms with E-state index in [0.717, 1.165) is 5.75 Å². The average Bonchev–Trinajstić information content (AvgIpc) is 2.10. The Morgan fingerprint density at radius 2 is 2.29 bits per heavy atom. The molecular formula is C10H15FN2S. The van der Waals surface area contributed by atoms with Crippen LogP contribution in [0.4, 0.5) is 15.8 Å². The maximum Gasteiger partial charge on any atom is 0.148 e. The van der Waals surface area contributed by atoms with Crippen molar-refractivity contribution in [3.63, 3.8) is 0 Å². The molecule has 78 valence electrons. The van der Waals surface area contributed by atoms with Crippen LogP contribution in [0.25, 0.3) is 0 Å². The zero-order chi connectivity index (χ0) is 10.6. The number of halogens is 1. The van der Waals surface area contributed by atoms with Gasteiger partial charge in [0.1, 0.15) is 5.82 Å². The van der Waals surface area contributed by atoms with Gasteiger partial charge in [0.25, 0.3) is 0 Å². The van der Waals surface area contributed by atoms with E-state index < -0.39 is 0 Å². The molecule has 1 aromatic carbocycles. The van der Waals surface area contributed by atoms with Crippen LogP contribution in [0, 0.1) is 5.82 Å². The quantitative estimate of drug-likeness (QED) is 0.756. The molecule has 0 spiro atoms. The Labute approximate surface area is 88.1 Å². The molecule has 1 atom stereocenters. The van der Waals surface area contributed by atoms with Gasteiger partial charge in [-0.3, -0.25) is 0 Å². The molecule has 0 aliphatic rings. The van der Waals surface area contributed by atoms with Gasteiger partial charge in [-0.2, -0.15) is 11.8 Å². The van der Waals surface area contributed by atoms with Crippen molar-refractivity contribution in [2.75, 3.05) is 23.1 Å². The highest BCUT2D eigenvalue weighted by molar-refractivity contribution is 7.98. The summed E-state index contributed by atoms with van der Waals surface area (Å²) >= 11 is 1.73. The molecule has 1 aromatic rings. The normalized spacial score (nSPS) is 12.5. The molecule has 0 bridgehead atoms. The minimum absolute atomic E-state index is 0.253. The van der Waals surface area contributed by atoms with Crippen LogP contribution in [-0.4, -0.2) is 18.1 Å². The topological polar surface area (TPSA) is 38.0 Å². The smallest absolute Gasteiger partial charge is 0.148 e. The second kappa shape index (κ2) is 5.10. The van der Waals surface area contributed by atoms with Gasteiger partial charge in [0.2, 0.25) is 0 Å². The van der Waals surface area contributed by atoms with Crippen molar-refractivity contribution < 1.29 is 4.39 Å². The van der Waals surface area contributed by atoms with Crippen molar-refractivity contribution >= 4 is 23.1 Å². The first kappa shape index (κ1) is 11.2. The number of nitrogens with one attached hydrogen (secondary N) is 1. The molecule has 0 amide bonds. The van der Waals surface area contributed by atoms with Crippen LogP contribution in [0.1, 0.15) is 6.92 Å². The summed E-state index contributed by atoms with van der Waals surface area (Å²) in [5.41, 5.74) is 6.41. The predicted molar refractivity (Wildman–Crippen MR) is 62.3 cm³/mol. The number of thioether (sulfide) groups is 1. The number of nitrogen functional groups attached to an aromatic ring is 1. The molecule has 2 nitrogen and oxygen atoms in total. The maximum atomic E-state index is 13.3. The maximum absolute atomic E-state index is 13.3. The van der Waals surface area contributed by atoms with E-state index in [4.69, 9.17) is 5.73 Å². The van der Waals surface area contributed by atoms with E-state index in [1.165, 1.54) is 6.07 Å². The predicted octanol–water partition coefficient (Wildman–Crippen LogP) is 2.57. The molecule has 4 heteroatoms. The molecule has 0 aliphatic carbocycles. The lowest BCUT2D eigenvalue weighted by molar-refractivity contribution is 0.629. The summed E-state index contributed by atoms with van der Waals surface area (Å²) in [6.45, 7) is 2.02. The highest BCUT2D eigenvalue weighted by Gasteiger charge is 2.05. The molecule has 14 heavy (non-hydrogen) atoms. The number of hydrogen-bond donors (Lipinski definition) is 2. The van der Waals surface area contributed by atoms with Gasteiger partial charge >= 0.3 is 0 Å². The number of nitrogens with two attached hydrogens (primary N) is 1.